The van der Waals surface area contributed by atoms with Gasteiger partial charge >= 0.3 is 0 Å². The first-order chi connectivity index (χ1) is 17.0. The van der Waals surface area contributed by atoms with E-state index in [0.29, 0.717) is 32.4 Å². The van der Waals surface area contributed by atoms with E-state index in [0.717, 1.165) is 49.6 Å². The first-order valence-corrected chi connectivity index (χ1v) is 13.3. The second-order valence-corrected chi connectivity index (χ2v) is 11.2. The van der Waals surface area contributed by atoms with Gasteiger partial charge in [-0.2, -0.15) is 0 Å². The molecule has 2 bridgehead atoms. The third kappa shape index (κ3) is 3.95. The zero-order valence-electron chi connectivity index (χ0n) is 20.8. The topological polar surface area (TPSA) is 65.9 Å². The van der Waals surface area contributed by atoms with Crippen molar-refractivity contribution in [2.24, 2.45) is 5.92 Å². The van der Waals surface area contributed by atoms with E-state index in [2.05, 4.69) is 28.1 Å². The average Bonchev–Trinajstić information content (AvgIpc) is 3.71. The van der Waals surface area contributed by atoms with Crippen LogP contribution < -0.4 is 4.74 Å². The maximum Gasteiger partial charge on any atom is 0.222 e. The van der Waals surface area contributed by atoms with E-state index in [-0.39, 0.29) is 17.4 Å². The SMILES string of the molecule is COc1ccc2c(c1)C13CCN(C(=O)CCc4cccnc4)CCC1(O)C(C2)N(CC1CC1)CC3. The summed E-state index contributed by atoms with van der Waals surface area (Å²) in [7, 11) is 1.71. The Morgan fingerprint density at radius 2 is 2.00 bits per heavy atom. The summed E-state index contributed by atoms with van der Waals surface area (Å²) in [6, 6.07) is 10.5. The van der Waals surface area contributed by atoms with E-state index in [4.69, 9.17) is 4.74 Å². The van der Waals surface area contributed by atoms with Crippen LogP contribution >= 0.6 is 0 Å². The van der Waals surface area contributed by atoms with Crippen LogP contribution in [0.1, 0.15) is 55.2 Å². The van der Waals surface area contributed by atoms with E-state index in [1.165, 1.54) is 24.0 Å². The summed E-state index contributed by atoms with van der Waals surface area (Å²) in [6.45, 7) is 3.44. The molecule has 2 aliphatic heterocycles. The number of rotatable bonds is 6. The van der Waals surface area contributed by atoms with E-state index < -0.39 is 5.60 Å². The Kier molecular flexibility index (Phi) is 5.84. The number of fused-ring (bicyclic) bond motifs is 1. The van der Waals surface area contributed by atoms with Gasteiger partial charge in [-0.25, -0.2) is 0 Å². The summed E-state index contributed by atoms with van der Waals surface area (Å²) >= 11 is 0. The predicted molar refractivity (Wildman–Crippen MR) is 134 cm³/mol. The highest BCUT2D eigenvalue weighted by molar-refractivity contribution is 5.76. The van der Waals surface area contributed by atoms with Crippen LogP contribution in [0.3, 0.4) is 0 Å². The van der Waals surface area contributed by atoms with E-state index in [1.807, 2.05) is 23.2 Å². The Morgan fingerprint density at radius 1 is 1.17 bits per heavy atom. The number of aromatic nitrogens is 1. The number of carbonyl (C=O) groups is 1. The van der Waals surface area contributed by atoms with Crippen molar-refractivity contribution in [3.05, 3.63) is 59.4 Å². The van der Waals surface area contributed by atoms with Gasteiger partial charge in [0.25, 0.3) is 0 Å². The molecular weight excluding hydrogens is 438 g/mol. The van der Waals surface area contributed by atoms with Gasteiger partial charge in [-0.1, -0.05) is 12.1 Å². The summed E-state index contributed by atoms with van der Waals surface area (Å²) in [5, 5.41) is 12.6. The summed E-state index contributed by atoms with van der Waals surface area (Å²) in [5.74, 6) is 1.83. The molecule has 6 heteroatoms. The van der Waals surface area contributed by atoms with Gasteiger partial charge in [0, 0.05) is 49.9 Å². The third-order valence-corrected chi connectivity index (χ3v) is 9.36. The lowest BCUT2D eigenvalue weighted by atomic mass is 9.52. The minimum atomic E-state index is -0.835. The molecular formula is C29H37N3O3. The summed E-state index contributed by atoms with van der Waals surface area (Å²) < 4.78 is 5.61. The Bertz CT molecular complexity index is 1090. The molecule has 186 valence electrons. The largest absolute Gasteiger partial charge is 0.497 e. The van der Waals surface area contributed by atoms with Crippen molar-refractivity contribution in [2.75, 3.05) is 33.3 Å². The van der Waals surface area contributed by atoms with Crippen molar-refractivity contribution >= 4 is 5.91 Å². The number of carbonyl (C=O) groups excluding carboxylic acids is 1. The highest BCUT2D eigenvalue weighted by Crippen LogP contribution is 2.56. The van der Waals surface area contributed by atoms with Gasteiger partial charge in [0.2, 0.25) is 5.91 Å². The molecule has 2 saturated heterocycles. The van der Waals surface area contributed by atoms with Crippen LogP contribution in [-0.4, -0.2) is 70.7 Å². The molecule has 6 rings (SSSR count). The molecule has 35 heavy (non-hydrogen) atoms. The fourth-order valence-electron chi connectivity index (χ4n) is 7.19. The first-order valence-electron chi connectivity index (χ1n) is 13.3. The number of aliphatic hydroxyl groups is 1. The zero-order valence-corrected chi connectivity index (χ0v) is 20.8. The Hall–Kier alpha value is -2.44. The van der Waals surface area contributed by atoms with E-state index in [1.54, 1.807) is 13.3 Å². The molecule has 3 heterocycles. The van der Waals surface area contributed by atoms with Gasteiger partial charge in [0.05, 0.1) is 12.7 Å². The van der Waals surface area contributed by atoms with Crippen molar-refractivity contribution in [1.82, 2.24) is 14.8 Å². The van der Waals surface area contributed by atoms with Gasteiger partial charge in [0.15, 0.2) is 0 Å². The fourth-order valence-corrected chi connectivity index (χ4v) is 7.19. The molecule has 1 N–H and O–H groups in total. The zero-order chi connectivity index (χ0) is 24.0. The number of amides is 1. The average molecular weight is 476 g/mol. The normalized spacial score (nSPS) is 30.2. The lowest BCUT2D eigenvalue weighted by molar-refractivity contribution is -0.149. The number of hydrogen-bond acceptors (Lipinski definition) is 5. The van der Waals surface area contributed by atoms with Gasteiger partial charge < -0.3 is 14.7 Å². The number of hydrogen-bond donors (Lipinski definition) is 1. The van der Waals surface area contributed by atoms with Crippen LogP contribution in [0.5, 0.6) is 5.75 Å². The molecule has 1 saturated carbocycles. The van der Waals surface area contributed by atoms with E-state index in [9.17, 15) is 9.90 Å². The molecule has 3 atom stereocenters. The molecule has 1 amide bonds. The van der Waals surface area contributed by atoms with Crippen LogP contribution in [0.4, 0.5) is 0 Å². The number of nitrogens with zero attached hydrogens (tertiary/aromatic N) is 3. The molecule has 3 fully saturated rings. The Balaban J connectivity index is 1.30. The van der Waals surface area contributed by atoms with E-state index >= 15 is 0 Å². The van der Waals surface area contributed by atoms with Gasteiger partial charge in [-0.3, -0.25) is 14.7 Å². The summed E-state index contributed by atoms with van der Waals surface area (Å²) in [6.07, 6.45) is 10.7. The summed E-state index contributed by atoms with van der Waals surface area (Å²) in [4.78, 5) is 22.1. The molecule has 2 aliphatic carbocycles. The Morgan fingerprint density at radius 3 is 2.77 bits per heavy atom. The number of piperidine rings is 1. The van der Waals surface area contributed by atoms with Crippen LogP contribution in [0, 0.1) is 5.92 Å². The quantitative estimate of drug-likeness (QED) is 0.694. The van der Waals surface area contributed by atoms with Gasteiger partial charge in [-0.15, -0.1) is 0 Å². The molecule has 1 aromatic heterocycles. The number of aryl methyl sites for hydroxylation is 1. The maximum absolute atomic E-state index is 13.3. The highest BCUT2D eigenvalue weighted by atomic mass is 16.5. The standard InChI is InChI=1S/C29H37N3O3/c1-35-24-8-7-23-17-26-29(34)12-16-31(27(33)9-6-21-3-2-13-30-19-21)14-10-28(29,25(23)18-24)11-15-32(26)20-22-4-5-22/h2-3,7-8,13,18-19,22,26,34H,4-6,9-12,14-17,20H2,1H3. The third-order valence-electron chi connectivity index (χ3n) is 9.36. The first kappa shape index (κ1) is 23.0. The van der Waals surface area contributed by atoms with Crippen molar-refractivity contribution in [2.45, 2.75) is 68.4 Å². The van der Waals surface area contributed by atoms with Gasteiger partial charge in [0.1, 0.15) is 5.75 Å². The number of likely N-dealkylation sites (tertiary alicyclic amines) is 2. The van der Waals surface area contributed by atoms with Gasteiger partial charge in [-0.05, 0) is 92.3 Å². The number of pyridine rings is 1. The molecule has 1 aromatic carbocycles. The minimum Gasteiger partial charge on any atom is -0.497 e. The van der Waals surface area contributed by atoms with Crippen LogP contribution in [0.15, 0.2) is 42.7 Å². The maximum atomic E-state index is 13.3. The van der Waals surface area contributed by atoms with Crippen molar-refractivity contribution in [3.63, 3.8) is 0 Å². The van der Waals surface area contributed by atoms with Crippen LogP contribution in [0.25, 0.3) is 0 Å². The second kappa shape index (κ2) is 8.90. The number of methoxy groups -OCH3 is 1. The molecule has 6 nitrogen and oxygen atoms in total. The lowest BCUT2D eigenvalue weighted by Gasteiger charge is -2.61. The highest BCUT2D eigenvalue weighted by Gasteiger charge is 2.63. The van der Waals surface area contributed by atoms with Crippen molar-refractivity contribution in [3.8, 4) is 5.75 Å². The predicted octanol–water partition coefficient (Wildman–Crippen LogP) is 3.35. The van der Waals surface area contributed by atoms with Crippen molar-refractivity contribution < 1.29 is 14.6 Å². The minimum absolute atomic E-state index is 0.114. The molecule has 4 aliphatic rings. The number of benzene rings is 1. The monoisotopic (exact) mass is 475 g/mol. The molecule has 0 spiro atoms. The smallest absolute Gasteiger partial charge is 0.222 e. The summed E-state index contributed by atoms with van der Waals surface area (Å²) in [5.41, 5.74) is 2.52. The Labute approximate surface area is 208 Å². The van der Waals surface area contributed by atoms with Crippen LogP contribution in [0.2, 0.25) is 0 Å². The van der Waals surface area contributed by atoms with Crippen molar-refractivity contribution in [1.29, 1.82) is 0 Å². The molecule has 3 unspecified atom stereocenters. The van der Waals surface area contributed by atoms with Crippen LogP contribution in [-0.2, 0) is 23.1 Å². The number of ether oxygens (including phenoxy) is 1. The molecule has 0 radical (unpaired) electrons. The second-order valence-electron chi connectivity index (χ2n) is 11.2. The lowest BCUT2D eigenvalue weighted by Crippen LogP contribution is -2.71. The molecule has 2 aromatic rings. The fraction of sp³-hybridized carbons (Fsp3) is 0.586.